The largest absolute Gasteiger partial charge is 0.309 e. The molecule has 0 atom stereocenters. The van der Waals surface area contributed by atoms with Gasteiger partial charge in [0.2, 0.25) is 0 Å². The lowest BCUT2D eigenvalue weighted by Gasteiger charge is -2.11. The van der Waals surface area contributed by atoms with Crippen molar-refractivity contribution in [1.29, 1.82) is 0 Å². The Hall–Kier alpha value is -6.46. The second kappa shape index (κ2) is 9.05. The summed E-state index contributed by atoms with van der Waals surface area (Å²) in [7, 11) is 0. The minimum Gasteiger partial charge on any atom is -0.309 e. The smallest absolute Gasteiger partial charge is 0.147 e. The van der Waals surface area contributed by atoms with E-state index >= 15 is 0 Å². The number of pyridine rings is 2. The van der Waals surface area contributed by atoms with Crippen LogP contribution in [0.5, 0.6) is 0 Å². The second-order valence-corrected chi connectivity index (χ2v) is 12.3. The van der Waals surface area contributed by atoms with Gasteiger partial charge in [0.05, 0.1) is 33.1 Å². The van der Waals surface area contributed by atoms with Gasteiger partial charge in [-0.15, -0.1) is 0 Å². The molecule has 0 aliphatic rings. The number of imidazole rings is 1. The molecule has 218 valence electrons. The maximum absolute atomic E-state index is 5.19. The first-order chi connectivity index (χ1) is 23.3. The third kappa shape index (κ3) is 3.22. The number of hydrogen-bond donors (Lipinski definition) is 0. The van der Waals surface area contributed by atoms with E-state index in [1.807, 2.05) is 12.3 Å². The van der Waals surface area contributed by atoms with Gasteiger partial charge in [0.25, 0.3) is 0 Å². The van der Waals surface area contributed by atoms with Gasteiger partial charge in [-0.1, -0.05) is 66.7 Å². The molecule has 47 heavy (non-hydrogen) atoms. The first kappa shape index (κ1) is 24.8. The van der Waals surface area contributed by atoms with Crippen LogP contribution in [0, 0.1) is 0 Å². The summed E-state index contributed by atoms with van der Waals surface area (Å²) in [5.41, 5.74) is 10.9. The molecule has 0 unspecified atom stereocenters. The Kier molecular flexibility index (Phi) is 4.78. The lowest BCUT2D eigenvalue weighted by Crippen LogP contribution is -1.95. The summed E-state index contributed by atoms with van der Waals surface area (Å²) in [5, 5.41) is 8.28. The van der Waals surface area contributed by atoms with Crippen LogP contribution < -0.4 is 0 Å². The first-order valence-corrected chi connectivity index (χ1v) is 15.9. The van der Waals surface area contributed by atoms with Crippen LogP contribution in [0.25, 0.3) is 93.5 Å². The first-order valence-electron chi connectivity index (χ1n) is 15.9. The number of para-hydroxylation sites is 5. The molecule has 5 aromatic heterocycles. The van der Waals surface area contributed by atoms with Crippen LogP contribution in [0.1, 0.15) is 0 Å². The summed E-state index contributed by atoms with van der Waals surface area (Å²) in [6.45, 7) is 0. The molecule has 0 saturated carbocycles. The van der Waals surface area contributed by atoms with E-state index in [1.165, 1.54) is 43.5 Å². The average molecular weight is 600 g/mol. The van der Waals surface area contributed by atoms with Crippen LogP contribution in [0.2, 0.25) is 0 Å². The fraction of sp³-hybridized carbons (Fsp3) is 0. The monoisotopic (exact) mass is 599 g/mol. The van der Waals surface area contributed by atoms with Gasteiger partial charge in [0.1, 0.15) is 11.3 Å². The predicted octanol–water partition coefficient (Wildman–Crippen LogP) is 10.4. The second-order valence-electron chi connectivity index (χ2n) is 12.3. The molecule has 5 nitrogen and oxygen atoms in total. The van der Waals surface area contributed by atoms with Gasteiger partial charge < -0.3 is 9.13 Å². The highest BCUT2D eigenvalue weighted by Crippen LogP contribution is 2.44. The number of fused-ring (bicyclic) bond motifs is 15. The predicted molar refractivity (Wildman–Crippen MR) is 194 cm³/mol. The highest BCUT2D eigenvalue weighted by atomic mass is 15.1. The van der Waals surface area contributed by atoms with E-state index < -0.39 is 0 Å². The standard InChI is InChI=1S/C42H25N5/c1-3-12-26(13-4-1)45-34-19-9-7-16-28(34)31-24-38-32(25-37(31)45)40-36(46(38)27-14-5-2-6-15-27)22-21-30-39(40)29-17-11-23-43-41(29)47-35-20-10-8-18-33(35)44-42(30)47/h1-25H. The van der Waals surface area contributed by atoms with Crippen LogP contribution in [-0.4, -0.2) is 23.5 Å². The summed E-state index contributed by atoms with van der Waals surface area (Å²) in [5.74, 6) is 0. The van der Waals surface area contributed by atoms with Crippen molar-refractivity contribution in [3.63, 3.8) is 0 Å². The molecule has 5 heterocycles. The summed E-state index contributed by atoms with van der Waals surface area (Å²) >= 11 is 0. The zero-order valence-corrected chi connectivity index (χ0v) is 25.2. The van der Waals surface area contributed by atoms with Crippen molar-refractivity contribution in [2.75, 3.05) is 0 Å². The molecule has 0 fully saturated rings. The third-order valence-corrected chi connectivity index (χ3v) is 9.82. The molecule has 0 bridgehead atoms. The normalized spacial score (nSPS) is 12.3. The van der Waals surface area contributed by atoms with E-state index in [2.05, 4.69) is 153 Å². The van der Waals surface area contributed by atoms with Crippen molar-refractivity contribution < 1.29 is 0 Å². The van der Waals surface area contributed by atoms with Crippen LogP contribution in [0.15, 0.2) is 152 Å². The van der Waals surface area contributed by atoms with Crippen molar-refractivity contribution in [2.24, 2.45) is 0 Å². The van der Waals surface area contributed by atoms with Crippen LogP contribution in [0.4, 0.5) is 0 Å². The molecule has 6 aromatic carbocycles. The summed E-state index contributed by atoms with van der Waals surface area (Å²) in [4.78, 5) is 10.2. The molecule has 0 saturated heterocycles. The van der Waals surface area contributed by atoms with Gasteiger partial charge in [0.15, 0.2) is 0 Å². The Balaban J connectivity index is 1.42. The van der Waals surface area contributed by atoms with Crippen LogP contribution in [-0.2, 0) is 0 Å². The van der Waals surface area contributed by atoms with Gasteiger partial charge >= 0.3 is 0 Å². The highest BCUT2D eigenvalue weighted by molar-refractivity contribution is 6.31. The molecule has 0 aliphatic carbocycles. The minimum absolute atomic E-state index is 0.913. The SMILES string of the molecule is c1ccc(-n2c3ccccc3c3cc4c(cc32)c2c3c5cccnc5n5c6ccccc6nc5c3ccc2n4-c2ccccc2)cc1. The van der Waals surface area contributed by atoms with Crippen LogP contribution >= 0.6 is 0 Å². The lowest BCUT2D eigenvalue weighted by atomic mass is 10.0. The van der Waals surface area contributed by atoms with Crippen LogP contribution in [0.3, 0.4) is 0 Å². The van der Waals surface area contributed by atoms with Crippen molar-refractivity contribution in [1.82, 2.24) is 23.5 Å². The Labute approximate surface area is 268 Å². The van der Waals surface area contributed by atoms with E-state index in [1.54, 1.807) is 0 Å². The third-order valence-electron chi connectivity index (χ3n) is 9.82. The molecule has 11 aromatic rings. The van der Waals surface area contributed by atoms with Gasteiger partial charge in [0, 0.05) is 55.3 Å². The van der Waals surface area contributed by atoms with Gasteiger partial charge in [-0.05, 0) is 78.9 Å². The summed E-state index contributed by atoms with van der Waals surface area (Å²) in [6, 6.07) is 52.1. The van der Waals surface area contributed by atoms with Crippen molar-refractivity contribution in [3.8, 4) is 11.4 Å². The van der Waals surface area contributed by atoms with E-state index in [-0.39, 0.29) is 0 Å². The molecule has 5 heteroatoms. The Morgan fingerprint density at radius 2 is 1.00 bits per heavy atom. The zero-order valence-electron chi connectivity index (χ0n) is 25.2. The Bertz CT molecular complexity index is 3060. The van der Waals surface area contributed by atoms with E-state index in [0.29, 0.717) is 0 Å². The number of nitrogens with zero attached hydrogens (tertiary/aromatic N) is 5. The summed E-state index contributed by atoms with van der Waals surface area (Å²) in [6.07, 6.45) is 1.89. The fourth-order valence-corrected chi connectivity index (χ4v) is 7.94. The number of benzene rings is 6. The summed E-state index contributed by atoms with van der Waals surface area (Å²) < 4.78 is 7.05. The molecule has 0 spiro atoms. The van der Waals surface area contributed by atoms with E-state index in [0.717, 1.165) is 50.0 Å². The lowest BCUT2D eigenvalue weighted by molar-refractivity contribution is 1.17. The topological polar surface area (TPSA) is 40.1 Å². The maximum Gasteiger partial charge on any atom is 0.147 e. The quantitative estimate of drug-likeness (QED) is 0.186. The molecule has 11 rings (SSSR count). The molecular weight excluding hydrogens is 574 g/mol. The van der Waals surface area contributed by atoms with E-state index in [9.17, 15) is 0 Å². The Morgan fingerprint density at radius 1 is 0.383 bits per heavy atom. The Morgan fingerprint density at radius 3 is 1.81 bits per heavy atom. The average Bonchev–Trinajstić information content (AvgIpc) is 3.79. The van der Waals surface area contributed by atoms with Gasteiger partial charge in [-0.2, -0.15) is 0 Å². The number of aromatic nitrogens is 5. The fourth-order valence-electron chi connectivity index (χ4n) is 7.94. The highest BCUT2D eigenvalue weighted by Gasteiger charge is 2.23. The minimum atomic E-state index is 0.913. The molecule has 0 aliphatic heterocycles. The van der Waals surface area contributed by atoms with Crippen molar-refractivity contribution >= 4 is 82.1 Å². The van der Waals surface area contributed by atoms with Gasteiger partial charge in [-0.25, -0.2) is 9.97 Å². The number of rotatable bonds is 2. The molecule has 0 radical (unpaired) electrons. The molecule has 0 amide bonds. The molecular formula is C42H25N5. The zero-order chi connectivity index (χ0) is 30.6. The maximum atomic E-state index is 5.19. The van der Waals surface area contributed by atoms with Crippen molar-refractivity contribution in [3.05, 3.63) is 152 Å². The van der Waals surface area contributed by atoms with Gasteiger partial charge in [-0.3, -0.25) is 4.40 Å². The molecule has 0 N–H and O–H groups in total. The number of hydrogen-bond acceptors (Lipinski definition) is 2. The van der Waals surface area contributed by atoms with Crippen molar-refractivity contribution in [2.45, 2.75) is 0 Å². The van der Waals surface area contributed by atoms with E-state index in [4.69, 9.17) is 9.97 Å².